The van der Waals surface area contributed by atoms with E-state index in [4.69, 9.17) is 4.74 Å². The molecule has 0 saturated heterocycles. The van der Waals surface area contributed by atoms with Crippen molar-refractivity contribution in [1.82, 2.24) is 4.90 Å². The maximum absolute atomic E-state index is 12.5. The molecule has 3 aromatic rings. The molecule has 0 spiro atoms. The van der Waals surface area contributed by atoms with Crippen molar-refractivity contribution in [2.24, 2.45) is 0 Å². The summed E-state index contributed by atoms with van der Waals surface area (Å²) in [4.78, 5) is 14.2. The third-order valence-electron chi connectivity index (χ3n) is 4.44. The van der Waals surface area contributed by atoms with Gasteiger partial charge in [0, 0.05) is 19.2 Å². The molecule has 1 N–H and O–H groups in total. The molecule has 0 aliphatic rings. The molecule has 0 aliphatic heterocycles. The maximum Gasteiger partial charge on any atom is 0.246 e. The summed E-state index contributed by atoms with van der Waals surface area (Å²) in [5, 5.41) is 9.28. The number of carbonyl (C=O) groups excluding carboxylic acids is 1. The molecule has 0 atom stereocenters. The lowest BCUT2D eigenvalue weighted by atomic mass is 10.2. The van der Waals surface area contributed by atoms with E-state index in [0.29, 0.717) is 19.7 Å². The maximum atomic E-state index is 12.5. The summed E-state index contributed by atoms with van der Waals surface area (Å²) in [5.74, 6) is 0.649. The summed E-state index contributed by atoms with van der Waals surface area (Å²) in [5.41, 5.74) is 3.06. The van der Waals surface area contributed by atoms with Gasteiger partial charge in [-0.1, -0.05) is 72.8 Å². The SMILES string of the molecule is O=C(/C=C/c1ccc(OCc2ccccc2)cc1)N(CCO)Cc1ccccc1. The van der Waals surface area contributed by atoms with Crippen LogP contribution >= 0.6 is 0 Å². The Morgan fingerprint density at radius 3 is 2.10 bits per heavy atom. The van der Waals surface area contributed by atoms with Crippen LogP contribution in [0.25, 0.3) is 6.08 Å². The highest BCUT2D eigenvalue weighted by molar-refractivity contribution is 5.91. The van der Waals surface area contributed by atoms with Crippen molar-refractivity contribution in [2.75, 3.05) is 13.2 Å². The number of aliphatic hydroxyl groups excluding tert-OH is 1. The molecule has 4 nitrogen and oxygen atoms in total. The number of aliphatic hydroxyl groups is 1. The van der Waals surface area contributed by atoms with Gasteiger partial charge in [0.2, 0.25) is 5.91 Å². The number of benzene rings is 3. The van der Waals surface area contributed by atoms with Crippen LogP contribution in [0.1, 0.15) is 16.7 Å². The lowest BCUT2D eigenvalue weighted by Crippen LogP contribution is -2.31. The Morgan fingerprint density at radius 2 is 1.48 bits per heavy atom. The summed E-state index contributed by atoms with van der Waals surface area (Å²) in [6, 6.07) is 27.4. The number of nitrogens with zero attached hydrogens (tertiary/aromatic N) is 1. The van der Waals surface area contributed by atoms with Crippen molar-refractivity contribution >= 4 is 12.0 Å². The topological polar surface area (TPSA) is 49.8 Å². The van der Waals surface area contributed by atoms with Crippen molar-refractivity contribution in [2.45, 2.75) is 13.2 Å². The average Bonchev–Trinajstić information content (AvgIpc) is 2.78. The average molecular weight is 387 g/mol. The molecule has 0 bridgehead atoms. The van der Waals surface area contributed by atoms with Gasteiger partial charge in [-0.3, -0.25) is 4.79 Å². The predicted octanol–water partition coefficient (Wildman–Crippen LogP) is 4.30. The molecule has 148 valence electrons. The molecule has 3 aromatic carbocycles. The lowest BCUT2D eigenvalue weighted by Gasteiger charge is -2.20. The van der Waals surface area contributed by atoms with E-state index in [1.807, 2.05) is 84.9 Å². The van der Waals surface area contributed by atoms with Gasteiger partial charge in [-0.25, -0.2) is 0 Å². The Labute approximate surface area is 171 Å². The molecule has 0 aliphatic carbocycles. The molecule has 0 fully saturated rings. The third kappa shape index (κ3) is 6.63. The largest absolute Gasteiger partial charge is 0.489 e. The normalized spacial score (nSPS) is 10.8. The van der Waals surface area contributed by atoms with E-state index >= 15 is 0 Å². The first-order valence-electron chi connectivity index (χ1n) is 9.63. The van der Waals surface area contributed by atoms with Crippen LogP contribution in [0.4, 0.5) is 0 Å². The molecule has 0 heterocycles. The van der Waals surface area contributed by atoms with Gasteiger partial charge >= 0.3 is 0 Å². The Morgan fingerprint density at radius 1 is 0.862 bits per heavy atom. The second kappa shape index (κ2) is 10.8. The first-order chi connectivity index (χ1) is 14.2. The van der Waals surface area contributed by atoms with Gasteiger partial charge in [0.05, 0.1) is 6.61 Å². The Balaban J connectivity index is 1.56. The quantitative estimate of drug-likeness (QED) is 0.557. The van der Waals surface area contributed by atoms with Crippen molar-refractivity contribution in [1.29, 1.82) is 0 Å². The number of ether oxygens (including phenoxy) is 1. The van der Waals surface area contributed by atoms with E-state index in [1.54, 1.807) is 17.1 Å². The van der Waals surface area contributed by atoms with Gasteiger partial charge in [-0.05, 0) is 34.9 Å². The van der Waals surface area contributed by atoms with Crippen molar-refractivity contribution in [3.8, 4) is 5.75 Å². The van der Waals surface area contributed by atoms with Crippen LogP contribution in [0, 0.1) is 0 Å². The van der Waals surface area contributed by atoms with Crippen LogP contribution in [0.5, 0.6) is 5.75 Å². The minimum Gasteiger partial charge on any atom is -0.489 e. The van der Waals surface area contributed by atoms with Crippen molar-refractivity contribution in [3.05, 3.63) is 108 Å². The van der Waals surface area contributed by atoms with Crippen LogP contribution in [0.2, 0.25) is 0 Å². The van der Waals surface area contributed by atoms with Crippen LogP contribution < -0.4 is 4.74 Å². The molecule has 0 saturated carbocycles. The molecule has 1 amide bonds. The number of hydrogen-bond acceptors (Lipinski definition) is 3. The Kier molecular flexibility index (Phi) is 7.61. The molecule has 3 rings (SSSR count). The van der Waals surface area contributed by atoms with Crippen molar-refractivity contribution < 1.29 is 14.6 Å². The lowest BCUT2D eigenvalue weighted by molar-refractivity contribution is -0.127. The number of hydrogen-bond donors (Lipinski definition) is 1. The molecule has 29 heavy (non-hydrogen) atoms. The minimum absolute atomic E-state index is 0.0696. The number of amides is 1. The van der Waals surface area contributed by atoms with Gasteiger partial charge in [-0.2, -0.15) is 0 Å². The monoisotopic (exact) mass is 387 g/mol. The second-order valence-corrected chi connectivity index (χ2v) is 6.65. The fraction of sp³-hybridized carbons (Fsp3) is 0.160. The van der Waals surface area contributed by atoms with E-state index in [2.05, 4.69) is 0 Å². The zero-order valence-corrected chi connectivity index (χ0v) is 16.3. The number of carbonyl (C=O) groups is 1. The summed E-state index contributed by atoms with van der Waals surface area (Å²) < 4.78 is 5.78. The van der Waals surface area contributed by atoms with Gasteiger partial charge < -0.3 is 14.7 Å². The minimum atomic E-state index is -0.132. The highest BCUT2D eigenvalue weighted by Gasteiger charge is 2.10. The summed E-state index contributed by atoms with van der Waals surface area (Å²) in [7, 11) is 0. The highest BCUT2D eigenvalue weighted by atomic mass is 16.5. The first kappa shape index (κ1) is 20.4. The smallest absolute Gasteiger partial charge is 0.246 e. The number of rotatable bonds is 9. The van der Waals surface area contributed by atoms with E-state index in [9.17, 15) is 9.90 Å². The molecular formula is C25H25NO3. The van der Waals surface area contributed by atoms with Crippen LogP contribution in [0.3, 0.4) is 0 Å². The van der Waals surface area contributed by atoms with Crippen LogP contribution in [0.15, 0.2) is 91.0 Å². The van der Waals surface area contributed by atoms with E-state index in [-0.39, 0.29) is 12.5 Å². The van der Waals surface area contributed by atoms with E-state index in [0.717, 1.165) is 22.4 Å². The van der Waals surface area contributed by atoms with Gasteiger partial charge in [0.15, 0.2) is 0 Å². The Bertz CT molecular complexity index is 906. The van der Waals surface area contributed by atoms with Gasteiger partial charge in [0.25, 0.3) is 0 Å². The summed E-state index contributed by atoms with van der Waals surface area (Å²) in [6.07, 6.45) is 3.32. The van der Waals surface area contributed by atoms with E-state index in [1.165, 1.54) is 0 Å². The molecular weight excluding hydrogens is 362 g/mol. The fourth-order valence-electron chi connectivity index (χ4n) is 2.88. The second-order valence-electron chi connectivity index (χ2n) is 6.65. The zero-order valence-electron chi connectivity index (χ0n) is 16.3. The molecule has 0 radical (unpaired) electrons. The van der Waals surface area contributed by atoms with Crippen molar-refractivity contribution in [3.63, 3.8) is 0 Å². The summed E-state index contributed by atoms with van der Waals surface area (Å²) in [6.45, 7) is 1.21. The molecule has 0 unspecified atom stereocenters. The molecule has 0 aromatic heterocycles. The van der Waals surface area contributed by atoms with Crippen LogP contribution in [-0.2, 0) is 17.9 Å². The Hall–Kier alpha value is -3.37. The predicted molar refractivity (Wildman–Crippen MR) is 115 cm³/mol. The fourth-order valence-corrected chi connectivity index (χ4v) is 2.88. The third-order valence-corrected chi connectivity index (χ3v) is 4.44. The zero-order chi connectivity index (χ0) is 20.3. The highest BCUT2D eigenvalue weighted by Crippen LogP contribution is 2.15. The van der Waals surface area contributed by atoms with E-state index < -0.39 is 0 Å². The molecule has 4 heteroatoms. The van der Waals surface area contributed by atoms with Gasteiger partial charge in [-0.15, -0.1) is 0 Å². The first-order valence-corrected chi connectivity index (χ1v) is 9.63. The summed E-state index contributed by atoms with van der Waals surface area (Å²) >= 11 is 0. The standard InChI is InChI=1S/C25H25NO3/c27-18-17-26(19-22-7-3-1-4-8-22)25(28)16-13-21-11-14-24(15-12-21)29-20-23-9-5-2-6-10-23/h1-16,27H,17-20H2/b16-13+. The van der Waals surface area contributed by atoms with Gasteiger partial charge in [0.1, 0.15) is 12.4 Å². The van der Waals surface area contributed by atoms with Crippen LogP contribution in [-0.4, -0.2) is 29.1 Å².